The van der Waals surface area contributed by atoms with Gasteiger partial charge in [-0.05, 0) is 55.3 Å². The maximum absolute atomic E-state index is 13.8. The first-order valence-corrected chi connectivity index (χ1v) is 10.7. The van der Waals surface area contributed by atoms with Crippen LogP contribution in [0.25, 0.3) is 5.65 Å². The average molecular weight is 434 g/mol. The number of aromatic nitrogens is 2. The summed E-state index contributed by atoms with van der Waals surface area (Å²) in [7, 11) is 0. The number of pyridine rings is 1. The number of carbonyl (C=O) groups excluding carboxylic acids is 1. The van der Waals surface area contributed by atoms with Crippen LogP contribution in [0, 0.1) is 19.7 Å². The number of para-hydroxylation sites is 1. The number of carbonyl (C=O) groups is 1. The van der Waals surface area contributed by atoms with E-state index in [4.69, 9.17) is 0 Å². The van der Waals surface area contributed by atoms with Crippen LogP contribution in [0.2, 0.25) is 0 Å². The minimum atomic E-state index is -0.417. The summed E-state index contributed by atoms with van der Waals surface area (Å²) >= 11 is 1.47. The maximum Gasteiger partial charge on any atom is 0.258 e. The number of nitrogens with one attached hydrogen (secondary N) is 1. The van der Waals surface area contributed by atoms with Crippen molar-refractivity contribution >= 4 is 29.0 Å². The van der Waals surface area contributed by atoms with Crippen molar-refractivity contribution in [2.24, 2.45) is 0 Å². The number of benzene rings is 2. The molecule has 1 N–H and O–H groups in total. The summed E-state index contributed by atoms with van der Waals surface area (Å²) < 4.78 is 15.3. The molecular weight excluding hydrogens is 413 g/mol. The molecule has 0 saturated heterocycles. The molecule has 4 rings (SSSR count). The van der Waals surface area contributed by atoms with Crippen molar-refractivity contribution < 1.29 is 9.18 Å². The second-order valence-corrected chi connectivity index (χ2v) is 8.19. The number of rotatable bonds is 5. The number of fused-ring (bicyclic) bond motifs is 1. The van der Waals surface area contributed by atoms with Gasteiger partial charge in [0.1, 0.15) is 11.5 Å². The number of aryl methyl sites for hydroxylation is 2. The van der Waals surface area contributed by atoms with Crippen molar-refractivity contribution in [2.45, 2.75) is 24.5 Å². The Labute approximate surface area is 183 Å². The molecule has 2 aromatic heterocycles. The predicted molar refractivity (Wildman–Crippen MR) is 121 cm³/mol. The van der Waals surface area contributed by atoms with Crippen LogP contribution in [-0.4, -0.2) is 15.3 Å². The fourth-order valence-electron chi connectivity index (χ4n) is 3.16. The predicted octanol–water partition coefficient (Wildman–Crippen LogP) is 5.00. The summed E-state index contributed by atoms with van der Waals surface area (Å²) in [6.07, 6.45) is 1.70. The molecule has 4 aromatic rings. The summed E-state index contributed by atoms with van der Waals surface area (Å²) in [4.78, 5) is 30.4. The molecule has 0 atom stereocenters. The molecule has 2 aromatic carbocycles. The molecule has 31 heavy (non-hydrogen) atoms. The Morgan fingerprint density at radius 3 is 2.68 bits per heavy atom. The largest absolute Gasteiger partial charge is 0.321 e. The van der Waals surface area contributed by atoms with Gasteiger partial charge >= 0.3 is 0 Å². The van der Waals surface area contributed by atoms with Crippen LogP contribution in [0.5, 0.6) is 0 Å². The summed E-state index contributed by atoms with van der Waals surface area (Å²) in [6.45, 7) is 3.56. The highest BCUT2D eigenvalue weighted by Gasteiger charge is 2.12. The van der Waals surface area contributed by atoms with Crippen molar-refractivity contribution in [2.75, 3.05) is 5.32 Å². The summed E-state index contributed by atoms with van der Waals surface area (Å²) in [6, 6.07) is 17.0. The quantitative estimate of drug-likeness (QED) is 0.450. The van der Waals surface area contributed by atoms with Crippen molar-refractivity contribution in [3.05, 3.63) is 105 Å². The van der Waals surface area contributed by atoms with E-state index in [-0.39, 0.29) is 17.0 Å². The van der Waals surface area contributed by atoms with Crippen molar-refractivity contribution in [3.8, 4) is 0 Å². The average Bonchev–Trinajstić information content (AvgIpc) is 2.76. The minimum Gasteiger partial charge on any atom is -0.321 e. The number of halogens is 1. The lowest BCUT2D eigenvalue weighted by molar-refractivity contribution is 0.102. The fourth-order valence-corrected chi connectivity index (χ4v) is 4.06. The highest BCUT2D eigenvalue weighted by atomic mass is 32.2. The molecule has 156 valence electrons. The van der Waals surface area contributed by atoms with Gasteiger partial charge in [0.15, 0.2) is 0 Å². The van der Waals surface area contributed by atoms with Gasteiger partial charge in [0, 0.05) is 28.5 Å². The number of hydrogen-bond donors (Lipinski definition) is 1. The molecule has 0 aliphatic heterocycles. The molecule has 1 amide bonds. The van der Waals surface area contributed by atoms with Gasteiger partial charge in [-0.1, -0.05) is 24.3 Å². The third-order valence-electron chi connectivity index (χ3n) is 4.88. The van der Waals surface area contributed by atoms with Crippen LogP contribution in [-0.2, 0) is 5.75 Å². The van der Waals surface area contributed by atoms with Crippen molar-refractivity contribution in [1.82, 2.24) is 9.38 Å². The van der Waals surface area contributed by atoms with Gasteiger partial charge in [0.05, 0.1) is 11.4 Å². The SMILES string of the molecule is Cc1ccc(C(=O)Nc2ccccc2SCc2cc(=O)n3cccc(C)c3n2)cc1F. The molecule has 0 fully saturated rings. The normalized spacial score (nSPS) is 10.9. The number of amides is 1. The Bertz CT molecular complexity index is 1350. The van der Waals surface area contributed by atoms with E-state index in [1.165, 1.54) is 28.3 Å². The van der Waals surface area contributed by atoms with Crippen molar-refractivity contribution in [3.63, 3.8) is 0 Å². The van der Waals surface area contributed by atoms with Crippen LogP contribution in [0.15, 0.2) is 76.6 Å². The second kappa shape index (κ2) is 8.73. The van der Waals surface area contributed by atoms with Gasteiger partial charge in [-0.2, -0.15) is 0 Å². The van der Waals surface area contributed by atoms with Gasteiger partial charge in [0.2, 0.25) is 0 Å². The van der Waals surface area contributed by atoms with Gasteiger partial charge < -0.3 is 5.32 Å². The lowest BCUT2D eigenvalue weighted by atomic mass is 10.1. The highest BCUT2D eigenvalue weighted by Crippen LogP contribution is 2.30. The molecule has 5 nitrogen and oxygen atoms in total. The molecule has 0 unspecified atom stereocenters. The van der Waals surface area contributed by atoms with E-state index in [1.54, 1.807) is 31.3 Å². The van der Waals surface area contributed by atoms with E-state index < -0.39 is 5.82 Å². The molecule has 0 radical (unpaired) electrons. The summed E-state index contributed by atoms with van der Waals surface area (Å²) in [5.74, 6) is -0.338. The number of thioether (sulfide) groups is 1. The second-order valence-electron chi connectivity index (χ2n) is 7.17. The Morgan fingerprint density at radius 1 is 1.06 bits per heavy atom. The first kappa shape index (κ1) is 20.8. The molecule has 7 heteroatoms. The van der Waals surface area contributed by atoms with Crippen LogP contribution >= 0.6 is 11.8 Å². The lowest BCUT2D eigenvalue weighted by Gasteiger charge is -2.11. The number of nitrogens with zero attached hydrogens (tertiary/aromatic N) is 2. The molecule has 0 spiro atoms. The zero-order valence-corrected chi connectivity index (χ0v) is 17.9. The third-order valence-corrected chi connectivity index (χ3v) is 5.99. The summed E-state index contributed by atoms with van der Waals surface area (Å²) in [5, 5.41) is 2.85. The first-order valence-electron chi connectivity index (χ1n) is 9.69. The van der Waals surface area contributed by atoms with E-state index in [1.807, 2.05) is 37.3 Å². The standard InChI is InChI=1S/C24H20FN3O2S/c1-15-9-10-17(12-19(15)25)24(30)27-20-7-3-4-8-21(20)31-14-18-13-22(29)28-11-5-6-16(2)23(28)26-18/h3-13H,14H2,1-2H3,(H,27,30). The molecule has 0 aliphatic rings. The van der Waals surface area contributed by atoms with E-state index >= 15 is 0 Å². The molecular formula is C24H20FN3O2S. The third kappa shape index (κ3) is 4.51. The summed E-state index contributed by atoms with van der Waals surface area (Å²) in [5.41, 5.74) is 3.44. The molecule has 0 saturated carbocycles. The van der Waals surface area contributed by atoms with Gasteiger partial charge in [-0.15, -0.1) is 11.8 Å². The van der Waals surface area contributed by atoms with Crippen LogP contribution in [0.3, 0.4) is 0 Å². The van der Waals surface area contributed by atoms with Crippen LogP contribution in [0.4, 0.5) is 10.1 Å². The van der Waals surface area contributed by atoms with Gasteiger partial charge in [-0.3, -0.25) is 14.0 Å². The number of anilines is 1. The van der Waals surface area contributed by atoms with Crippen molar-refractivity contribution in [1.29, 1.82) is 0 Å². The number of hydrogen-bond acceptors (Lipinski definition) is 4. The van der Waals surface area contributed by atoms with E-state index in [0.29, 0.717) is 28.3 Å². The minimum absolute atomic E-state index is 0.132. The Balaban J connectivity index is 1.55. The fraction of sp³-hybridized carbons (Fsp3) is 0.125. The van der Waals surface area contributed by atoms with Crippen LogP contribution < -0.4 is 10.9 Å². The Kier molecular flexibility index (Phi) is 5.86. The Hall–Kier alpha value is -3.45. The van der Waals surface area contributed by atoms with Crippen LogP contribution in [0.1, 0.15) is 27.2 Å². The van der Waals surface area contributed by atoms with Gasteiger partial charge in [0.25, 0.3) is 11.5 Å². The zero-order valence-electron chi connectivity index (χ0n) is 17.1. The molecule has 0 aliphatic carbocycles. The lowest BCUT2D eigenvalue weighted by Crippen LogP contribution is -2.15. The van der Waals surface area contributed by atoms with E-state index in [9.17, 15) is 14.0 Å². The molecule has 2 heterocycles. The topological polar surface area (TPSA) is 63.5 Å². The first-order chi connectivity index (χ1) is 14.9. The van der Waals surface area contributed by atoms with E-state index in [2.05, 4.69) is 10.3 Å². The monoisotopic (exact) mass is 433 g/mol. The molecule has 0 bridgehead atoms. The zero-order chi connectivity index (χ0) is 22.0. The van der Waals surface area contributed by atoms with E-state index in [0.717, 1.165) is 10.5 Å². The smallest absolute Gasteiger partial charge is 0.258 e. The van der Waals surface area contributed by atoms with Gasteiger partial charge in [-0.25, -0.2) is 9.37 Å². The highest BCUT2D eigenvalue weighted by molar-refractivity contribution is 7.98. The maximum atomic E-state index is 13.8. The Morgan fingerprint density at radius 2 is 1.87 bits per heavy atom.